The number of ether oxygens (including phenoxy) is 2. The molecule has 0 unspecified atom stereocenters. The molecule has 2 aromatic rings. The first-order valence-corrected chi connectivity index (χ1v) is 9.45. The second-order valence-corrected chi connectivity index (χ2v) is 6.29. The summed E-state index contributed by atoms with van der Waals surface area (Å²) >= 11 is 0. The van der Waals surface area contributed by atoms with E-state index in [-0.39, 0.29) is 16.9 Å². The quantitative estimate of drug-likeness (QED) is 0.406. The first-order valence-electron chi connectivity index (χ1n) is 9.45. The molecule has 164 valence electrons. The van der Waals surface area contributed by atoms with E-state index >= 15 is 0 Å². The molecule has 7 nitrogen and oxygen atoms in total. The summed E-state index contributed by atoms with van der Waals surface area (Å²) < 4.78 is 24.0. The molecule has 0 aliphatic heterocycles. The van der Waals surface area contributed by atoms with Gasteiger partial charge in [0.15, 0.2) is 0 Å². The van der Waals surface area contributed by atoms with Gasteiger partial charge in [-0.3, -0.25) is 4.79 Å². The summed E-state index contributed by atoms with van der Waals surface area (Å²) in [5.74, 6) is -0.487. The molecule has 0 aliphatic rings. The Hall–Kier alpha value is -3.26. The highest BCUT2D eigenvalue weighted by Crippen LogP contribution is 2.38. The molecule has 0 saturated heterocycles. The van der Waals surface area contributed by atoms with Crippen molar-refractivity contribution in [1.82, 2.24) is 10.6 Å². The third-order valence-corrected chi connectivity index (χ3v) is 4.14. The number of nitrogen functional groups attached to an aromatic ring is 1. The van der Waals surface area contributed by atoms with Crippen molar-refractivity contribution in [3.05, 3.63) is 53.5 Å². The highest BCUT2D eigenvalue weighted by atomic mass is 19.1. The number of carbonyl (C=O) groups excluding carboxylic acids is 1. The maximum absolute atomic E-state index is 14.5. The van der Waals surface area contributed by atoms with Gasteiger partial charge < -0.3 is 31.6 Å². The lowest BCUT2D eigenvalue weighted by atomic mass is 9.97. The van der Waals surface area contributed by atoms with Gasteiger partial charge in [-0.25, -0.2) is 4.39 Å². The van der Waals surface area contributed by atoms with Gasteiger partial charge in [0, 0.05) is 44.6 Å². The van der Waals surface area contributed by atoms with Crippen LogP contribution in [-0.2, 0) is 9.53 Å². The summed E-state index contributed by atoms with van der Waals surface area (Å²) in [6.07, 6.45) is 0.790. The van der Waals surface area contributed by atoms with Crippen LogP contribution in [0, 0.1) is 5.82 Å². The van der Waals surface area contributed by atoms with Crippen molar-refractivity contribution in [2.75, 3.05) is 40.7 Å². The van der Waals surface area contributed by atoms with Crippen molar-refractivity contribution < 1.29 is 18.7 Å². The molecular formula is C22H31FN4O3. The van der Waals surface area contributed by atoms with Crippen molar-refractivity contribution in [3.63, 3.8) is 0 Å². The van der Waals surface area contributed by atoms with Crippen molar-refractivity contribution in [2.24, 2.45) is 5.73 Å². The fraction of sp³-hybridized carbons (Fsp3) is 0.318. The van der Waals surface area contributed by atoms with E-state index in [9.17, 15) is 9.18 Å². The molecule has 0 heterocycles. The number of anilines is 1. The van der Waals surface area contributed by atoms with Crippen LogP contribution in [-0.4, -0.2) is 40.8 Å². The third-order valence-electron chi connectivity index (χ3n) is 4.14. The number of methoxy groups -OCH3 is 2. The molecule has 0 fully saturated rings. The second kappa shape index (κ2) is 12.3. The van der Waals surface area contributed by atoms with Gasteiger partial charge in [-0.05, 0) is 18.6 Å². The summed E-state index contributed by atoms with van der Waals surface area (Å²) in [5, 5.41) is 5.65. The number of amides is 1. The third kappa shape index (κ3) is 5.87. The molecule has 30 heavy (non-hydrogen) atoms. The Morgan fingerprint density at radius 2 is 1.77 bits per heavy atom. The normalized spacial score (nSPS) is 11.0. The lowest BCUT2D eigenvalue weighted by molar-refractivity contribution is -0.117. The SMILES string of the molecule is CCCNC(=O)/C(N)=C(\NC)c1cccc(-c2c(F)cccc2OC)c1N.COC. The van der Waals surface area contributed by atoms with E-state index in [1.807, 2.05) is 6.92 Å². The van der Waals surface area contributed by atoms with E-state index in [2.05, 4.69) is 15.4 Å². The molecule has 1 amide bonds. The van der Waals surface area contributed by atoms with Gasteiger partial charge in [-0.2, -0.15) is 0 Å². The zero-order valence-corrected chi connectivity index (χ0v) is 18.1. The zero-order valence-electron chi connectivity index (χ0n) is 18.1. The van der Waals surface area contributed by atoms with E-state index in [4.69, 9.17) is 16.2 Å². The lowest BCUT2D eigenvalue weighted by Gasteiger charge is -2.18. The van der Waals surface area contributed by atoms with Gasteiger partial charge in [0.25, 0.3) is 5.91 Å². The number of halogens is 1. The molecule has 0 bridgehead atoms. The summed E-state index contributed by atoms with van der Waals surface area (Å²) in [5.41, 5.74) is 14.3. The molecular weight excluding hydrogens is 387 g/mol. The minimum atomic E-state index is -0.457. The van der Waals surface area contributed by atoms with Gasteiger partial charge in [0.1, 0.15) is 17.3 Å². The molecule has 8 heteroatoms. The van der Waals surface area contributed by atoms with Gasteiger partial charge >= 0.3 is 0 Å². The Bertz CT molecular complexity index is 885. The maximum Gasteiger partial charge on any atom is 0.269 e. The molecule has 0 aliphatic carbocycles. The molecule has 0 atom stereocenters. The molecule has 2 rings (SSSR count). The number of benzene rings is 2. The molecule has 0 saturated carbocycles. The monoisotopic (exact) mass is 418 g/mol. The first kappa shape index (κ1) is 24.8. The molecule has 6 N–H and O–H groups in total. The highest BCUT2D eigenvalue weighted by molar-refractivity contribution is 6.02. The van der Waals surface area contributed by atoms with Crippen LogP contribution in [0.4, 0.5) is 10.1 Å². The number of para-hydroxylation sites is 1. The van der Waals surface area contributed by atoms with Crippen LogP contribution in [0.1, 0.15) is 18.9 Å². The first-order chi connectivity index (χ1) is 14.4. The number of rotatable bonds is 7. The van der Waals surface area contributed by atoms with Crippen LogP contribution in [0.5, 0.6) is 5.75 Å². The Morgan fingerprint density at radius 1 is 1.13 bits per heavy atom. The molecule has 0 radical (unpaired) electrons. The Balaban J connectivity index is 0.00000141. The fourth-order valence-corrected chi connectivity index (χ4v) is 2.80. The van der Waals surface area contributed by atoms with Gasteiger partial charge in [-0.15, -0.1) is 0 Å². The number of nitrogens with two attached hydrogens (primary N) is 2. The van der Waals surface area contributed by atoms with E-state index in [1.54, 1.807) is 51.6 Å². The molecule has 0 aromatic heterocycles. The smallest absolute Gasteiger partial charge is 0.269 e. The van der Waals surface area contributed by atoms with Crippen LogP contribution in [0.15, 0.2) is 42.1 Å². The molecule has 2 aromatic carbocycles. The topological polar surface area (TPSA) is 112 Å². The van der Waals surface area contributed by atoms with Crippen LogP contribution >= 0.6 is 0 Å². The summed E-state index contributed by atoms with van der Waals surface area (Å²) in [6, 6.07) is 9.70. The number of carbonyl (C=O) groups is 1. The van der Waals surface area contributed by atoms with Crippen molar-refractivity contribution >= 4 is 17.3 Å². The van der Waals surface area contributed by atoms with E-state index in [0.717, 1.165) is 6.42 Å². The summed E-state index contributed by atoms with van der Waals surface area (Å²) in [7, 11) is 6.36. The predicted molar refractivity (Wildman–Crippen MR) is 119 cm³/mol. The van der Waals surface area contributed by atoms with Crippen molar-refractivity contribution in [3.8, 4) is 16.9 Å². The number of hydrogen-bond acceptors (Lipinski definition) is 6. The number of hydrogen-bond donors (Lipinski definition) is 4. The summed E-state index contributed by atoms with van der Waals surface area (Å²) in [6.45, 7) is 2.46. The lowest BCUT2D eigenvalue weighted by Crippen LogP contribution is -2.32. The average molecular weight is 419 g/mol. The standard InChI is InChI=1S/C20H25FN4O2.C2H6O/c1-4-11-25-20(26)18(23)19(24-2)13-8-5-7-12(17(13)22)16-14(21)9-6-10-15(16)27-3;1-3-2/h5-10,24H,4,11,22-23H2,1-3H3,(H,25,26);1-2H3/b19-18+;. The molecule has 0 spiro atoms. The van der Waals surface area contributed by atoms with Crippen LogP contribution in [0.2, 0.25) is 0 Å². The Labute approximate surface area is 177 Å². The second-order valence-electron chi connectivity index (χ2n) is 6.29. The number of nitrogens with one attached hydrogen (secondary N) is 2. The van der Waals surface area contributed by atoms with Gasteiger partial charge in [0.05, 0.1) is 18.4 Å². The Kier molecular flexibility index (Phi) is 10.2. The van der Waals surface area contributed by atoms with E-state index in [1.165, 1.54) is 13.2 Å². The van der Waals surface area contributed by atoms with Crippen LogP contribution in [0.3, 0.4) is 0 Å². The predicted octanol–water partition coefficient (Wildman–Crippen LogP) is 2.72. The maximum atomic E-state index is 14.5. The van der Waals surface area contributed by atoms with Gasteiger partial charge in [0.2, 0.25) is 0 Å². The minimum Gasteiger partial charge on any atom is -0.496 e. The zero-order chi connectivity index (χ0) is 22.7. The minimum absolute atomic E-state index is 0.00954. The van der Waals surface area contributed by atoms with Crippen LogP contribution < -0.4 is 26.8 Å². The van der Waals surface area contributed by atoms with Crippen molar-refractivity contribution in [1.29, 1.82) is 0 Å². The van der Waals surface area contributed by atoms with E-state index < -0.39 is 11.7 Å². The Morgan fingerprint density at radius 3 is 2.33 bits per heavy atom. The largest absolute Gasteiger partial charge is 0.496 e. The summed E-state index contributed by atoms with van der Waals surface area (Å²) in [4.78, 5) is 12.2. The van der Waals surface area contributed by atoms with Gasteiger partial charge in [-0.1, -0.05) is 31.2 Å². The van der Waals surface area contributed by atoms with Crippen LogP contribution in [0.25, 0.3) is 16.8 Å². The highest BCUT2D eigenvalue weighted by Gasteiger charge is 2.20. The fourth-order valence-electron chi connectivity index (χ4n) is 2.80. The van der Waals surface area contributed by atoms with E-state index in [0.29, 0.717) is 29.1 Å². The average Bonchev–Trinajstić information content (AvgIpc) is 2.74. The van der Waals surface area contributed by atoms with Crippen molar-refractivity contribution in [2.45, 2.75) is 13.3 Å².